The lowest BCUT2D eigenvalue weighted by atomic mass is 10.0. The summed E-state index contributed by atoms with van der Waals surface area (Å²) in [7, 11) is 0. The van der Waals surface area contributed by atoms with E-state index in [1.807, 2.05) is 26.8 Å². The standard InChI is InChI=1S/C22H25FN2O2/c1-14-5-6-15(2)20-19(14)16(3)21(24-20)22(27)25(11-4-12-26)13-17-7-9-18(23)10-8-17/h5-10,24,26H,4,11-13H2,1-3H3. The van der Waals surface area contributed by atoms with Gasteiger partial charge in [0.05, 0.1) is 0 Å². The molecule has 1 amide bonds. The van der Waals surface area contributed by atoms with E-state index in [-0.39, 0.29) is 18.3 Å². The number of rotatable bonds is 6. The van der Waals surface area contributed by atoms with E-state index in [0.717, 1.165) is 33.2 Å². The largest absolute Gasteiger partial charge is 0.396 e. The van der Waals surface area contributed by atoms with Gasteiger partial charge in [0.1, 0.15) is 11.5 Å². The quantitative estimate of drug-likeness (QED) is 0.683. The first kappa shape index (κ1) is 19.1. The molecule has 5 heteroatoms. The number of H-pyrrole nitrogens is 1. The van der Waals surface area contributed by atoms with E-state index in [4.69, 9.17) is 0 Å². The molecule has 0 saturated carbocycles. The summed E-state index contributed by atoms with van der Waals surface area (Å²) in [6.45, 7) is 6.83. The Morgan fingerprint density at radius 2 is 1.74 bits per heavy atom. The number of carbonyl (C=O) groups is 1. The Morgan fingerprint density at radius 3 is 2.37 bits per heavy atom. The van der Waals surface area contributed by atoms with Crippen molar-refractivity contribution in [3.05, 3.63) is 70.2 Å². The van der Waals surface area contributed by atoms with Crippen LogP contribution < -0.4 is 0 Å². The fraction of sp³-hybridized carbons (Fsp3) is 0.318. The van der Waals surface area contributed by atoms with Crippen molar-refractivity contribution < 1.29 is 14.3 Å². The minimum absolute atomic E-state index is 0.0110. The summed E-state index contributed by atoms with van der Waals surface area (Å²) >= 11 is 0. The lowest BCUT2D eigenvalue weighted by molar-refractivity contribution is 0.0726. The summed E-state index contributed by atoms with van der Waals surface area (Å²) in [6, 6.07) is 10.3. The molecule has 1 aromatic heterocycles. The van der Waals surface area contributed by atoms with Crippen molar-refractivity contribution in [1.82, 2.24) is 9.88 Å². The van der Waals surface area contributed by atoms with Crippen molar-refractivity contribution in [2.24, 2.45) is 0 Å². The SMILES string of the molecule is Cc1ccc(C)c2c(C)c(C(=O)N(CCCO)Cc3ccc(F)cc3)[nH]c12. The van der Waals surface area contributed by atoms with Gasteiger partial charge in [0.15, 0.2) is 0 Å². The number of aliphatic hydroxyl groups is 1. The molecule has 0 aliphatic rings. The average Bonchev–Trinajstić information content (AvgIpc) is 3.01. The maximum absolute atomic E-state index is 13.3. The molecule has 142 valence electrons. The maximum atomic E-state index is 13.3. The number of aliphatic hydroxyl groups excluding tert-OH is 1. The third-order valence-electron chi connectivity index (χ3n) is 5.00. The van der Waals surface area contributed by atoms with Crippen LogP contribution in [0, 0.1) is 26.6 Å². The molecular weight excluding hydrogens is 343 g/mol. The zero-order valence-corrected chi connectivity index (χ0v) is 16.0. The number of nitrogens with zero attached hydrogens (tertiary/aromatic N) is 1. The lowest BCUT2D eigenvalue weighted by Gasteiger charge is -2.22. The first-order valence-electron chi connectivity index (χ1n) is 9.15. The summed E-state index contributed by atoms with van der Waals surface area (Å²) in [5.41, 5.74) is 5.57. The van der Waals surface area contributed by atoms with E-state index in [1.54, 1.807) is 17.0 Å². The highest BCUT2D eigenvalue weighted by Gasteiger charge is 2.22. The summed E-state index contributed by atoms with van der Waals surface area (Å²) in [5, 5.41) is 10.3. The van der Waals surface area contributed by atoms with Gasteiger partial charge in [-0.3, -0.25) is 4.79 Å². The molecule has 4 nitrogen and oxygen atoms in total. The summed E-state index contributed by atoms with van der Waals surface area (Å²) in [6.07, 6.45) is 0.490. The number of halogens is 1. The lowest BCUT2D eigenvalue weighted by Crippen LogP contribution is -2.32. The molecule has 0 saturated heterocycles. The number of amides is 1. The van der Waals surface area contributed by atoms with Gasteiger partial charge in [0.25, 0.3) is 5.91 Å². The molecule has 0 fully saturated rings. The Labute approximate surface area is 158 Å². The maximum Gasteiger partial charge on any atom is 0.270 e. The van der Waals surface area contributed by atoms with Crippen molar-refractivity contribution in [3.63, 3.8) is 0 Å². The number of carbonyl (C=O) groups excluding carboxylic acids is 1. The Hall–Kier alpha value is -2.66. The third kappa shape index (κ3) is 3.88. The van der Waals surface area contributed by atoms with Crippen molar-refractivity contribution in [3.8, 4) is 0 Å². The zero-order chi connectivity index (χ0) is 19.6. The normalized spacial score (nSPS) is 11.1. The minimum Gasteiger partial charge on any atom is -0.396 e. The molecule has 0 unspecified atom stereocenters. The van der Waals surface area contributed by atoms with Gasteiger partial charge >= 0.3 is 0 Å². The second kappa shape index (κ2) is 7.92. The van der Waals surface area contributed by atoms with Crippen LogP contribution in [0.5, 0.6) is 0 Å². The van der Waals surface area contributed by atoms with Crippen molar-refractivity contribution in [2.45, 2.75) is 33.7 Å². The predicted molar refractivity (Wildman–Crippen MR) is 105 cm³/mol. The van der Waals surface area contributed by atoms with E-state index >= 15 is 0 Å². The molecule has 27 heavy (non-hydrogen) atoms. The monoisotopic (exact) mass is 368 g/mol. The van der Waals surface area contributed by atoms with Crippen LogP contribution >= 0.6 is 0 Å². The minimum atomic E-state index is -0.301. The zero-order valence-electron chi connectivity index (χ0n) is 16.0. The fourth-order valence-corrected chi connectivity index (χ4v) is 3.50. The van der Waals surface area contributed by atoms with Gasteiger partial charge in [0.2, 0.25) is 0 Å². The number of aromatic amines is 1. The molecule has 3 rings (SSSR count). The molecule has 1 heterocycles. The summed E-state index contributed by atoms with van der Waals surface area (Å²) in [5.74, 6) is -0.412. The smallest absolute Gasteiger partial charge is 0.270 e. The van der Waals surface area contributed by atoms with Crippen LogP contribution in [0.25, 0.3) is 10.9 Å². The van der Waals surface area contributed by atoms with Gasteiger partial charge in [-0.2, -0.15) is 0 Å². The molecule has 0 radical (unpaired) electrons. The van der Waals surface area contributed by atoms with Crippen LogP contribution in [0.3, 0.4) is 0 Å². The van der Waals surface area contributed by atoms with Crippen LogP contribution in [0.4, 0.5) is 4.39 Å². The Balaban J connectivity index is 1.97. The van der Waals surface area contributed by atoms with Crippen LogP contribution in [0.1, 0.15) is 39.2 Å². The van der Waals surface area contributed by atoms with Gasteiger partial charge in [-0.15, -0.1) is 0 Å². The molecule has 2 aromatic carbocycles. The second-order valence-electron chi connectivity index (χ2n) is 7.00. The third-order valence-corrected chi connectivity index (χ3v) is 5.00. The number of benzene rings is 2. The van der Waals surface area contributed by atoms with Gasteiger partial charge in [-0.1, -0.05) is 24.3 Å². The number of aryl methyl sites for hydroxylation is 3. The average molecular weight is 368 g/mol. The predicted octanol–water partition coefficient (Wildman–Crippen LogP) is 4.26. The first-order valence-corrected chi connectivity index (χ1v) is 9.15. The van der Waals surface area contributed by atoms with E-state index in [0.29, 0.717) is 25.2 Å². The van der Waals surface area contributed by atoms with Crippen LogP contribution in [-0.4, -0.2) is 34.0 Å². The van der Waals surface area contributed by atoms with Crippen molar-refractivity contribution in [1.29, 1.82) is 0 Å². The summed E-state index contributed by atoms with van der Waals surface area (Å²) < 4.78 is 13.2. The van der Waals surface area contributed by atoms with E-state index < -0.39 is 0 Å². The van der Waals surface area contributed by atoms with Gasteiger partial charge < -0.3 is 15.0 Å². The molecule has 0 bridgehead atoms. The second-order valence-corrected chi connectivity index (χ2v) is 7.00. The van der Waals surface area contributed by atoms with Gasteiger partial charge in [-0.05, 0) is 61.6 Å². The number of hydrogen-bond donors (Lipinski definition) is 2. The molecule has 2 N–H and O–H groups in total. The van der Waals surface area contributed by atoms with Crippen molar-refractivity contribution >= 4 is 16.8 Å². The number of hydrogen-bond acceptors (Lipinski definition) is 2. The molecular formula is C22H25FN2O2. The van der Waals surface area contributed by atoms with Gasteiger partial charge in [0, 0.05) is 30.6 Å². The number of nitrogens with one attached hydrogen (secondary N) is 1. The van der Waals surface area contributed by atoms with E-state index in [2.05, 4.69) is 11.1 Å². The fourth-order valence-electron chi connectivity index (χ4n) is 3.50. The molecule has 0 atom stereocenters. The molecule has 0 spiro atoms. The molecule has 3 aromatic rings. The van der Waals surface area contributed by atoms with Crippen LogP contribution in [0.15, 0.2) is 36.4 Å². The molecule has 0 aliphatic carbocycles. The Morgan fingerprint density at radius 1 is 1.07 bits per heavy atom. The Bertz CT molecular complexity index is 961. The van der Waals surface area contributed by atoms with Gasteiger partial charge in [-0.25, -0.2) is 4.39 Å². The van der Waals surface area contributed by atoms with E-state index in [9.17, 15) is 14.3 Å². The van der Waals surface area contributed by atoms with E-state index in [1.165, 1.54) is 12.1 Å². The first-order chi connectivity index (χ1) is 12.9. The van der Waals surface area contributed by atoms with Crippen molar-refractivity contribution in [2.75, 3.05) is 13.2 Å². The Kier molecular flexibility index (Phi) is 5.61. The number of fused-ring (bicyclic) bond motifs is 1. The highest BCUT2D eigenvalue weighted by Crippen LogP contribution is 2.28. The number of aromatic nitrogens is 1. The summed E-state index contributed by atoms with van der Waals surface area (Å²) in [4.78, 5) is 18.3. The van der Waals surface area contributed by atoms with Crippen LogP contribution in [0.2, 0.25) is 0 Å². The van der Waals surface area contributed by atoms with Crippen LogP contribution in [-0.2, 0) is 6.54 Å². The highest BCUT2D eigenvalue weighted by atomic mass is 19.1. The highest BCUT2D eigenvalue weighted by molar-refractivity contribution is 6.02. The molecule has 0 aliphatic heterocycles. The topological polar surface area (TPSA) is 56.3 Å².